The Morgan fingerprint density at radius 3 is 2.50 bits per heavy atom. The molecule has 0 atom stereocenters. The van der Waals surface area contributed by atoms with Crippen LogP contribution in [0.3, 0.4) is 0 Å². The number of methoxy groups -OCH3 is 2. The average Bonchev–Trinajstić information content (AvgIpc) is 2.56. The van der Waals surface area contributed by atoms with Crippen LogP contribution in [0.15, 0.2) is 53.6 Å². The summed E-state index contributed by atoms with van der Waals surface area (Å²) in [5.74, 6) is 1.33. The lowest BCUT2D eigenvalue weighted by molar-refractivity contribution is -0.120. The molecule has 2 rings (SSSR count). The topological polar surface area (TPSA) is 59.9 Å². The maximum absolute atomic E-state index is 11.8. The van der Waals surface area contributed by atoms with Crippen LogP contribution in [0.4, 0.5) is 0 Å². The van der Waals surface area contributed by atoms with Crippen LogP contribution in [-0.4, -0.2) is 26.3 Å². The van der Waals surface area contributed by atoms with Crippen molar-refractivity contribution >= 4 is 12.1 Å². The van der Waals surface area contributed by atoms with Gasteiger partial charge in [0.2, 0.25) is 5.91 Å². The Morgan fingerprint density at radius 1 is 1.09 bits per heavy atom. The van der Waals surface area contributed by atoms with E-state index >= 15 is 0 Å². The minimum Gasteiger partial charge on any atom is -0.497 e. The molecule has 0 unspecified atom stereocenters. The lowest BCUT2D eigenvalue weighted by Gasteiger charge is -2.03. The molecular formula is C17H18N2O3. The van der Waals surface area contributed by atoms with E-state index in [9.17, 15) is 4.79 Å². The highest BCUT2D eigenvalue weighted by atomic mass is 16.5. The first kappa shape index (κ1) is 15.6. The SMILES string of the molecule is COc1ccc(CC(=O)N/N=C\c2cccc(OC)c2)cc1. The number of hydrogen-bond donors (Lipinski definition) is 1. The van der Waals surface area contributed by atoms with E-state index in [2.05, 4.69) is 10.5 Å². The minimum absolute atomic E-state index is 0.177. The number of rotatable bonds is 6. The van der Waals surface area contributed by atoms with Crippen molar-refractivity contribution in [3.8, 4) is 11.5 Å². The third-order valence-electron chi connectivity index (χ3n) is 3.02. The Kier molecular flexibility index (Phi) is 5.54. The van der Waals surface area contributed by atoms with Crippen molar-refractivity contribution < 1.29 is 14.3 Å². The monoisotopic (exact) mass is 298 g/mol. The van der Waals surface area contributed by atoms with Gasteiger partial charge in [-0.15, -0.1) is 0 Å². The largest absolute Gasteiger partial charge is 0.497 e. The van der Waals surface area contributed by atoms with Gasteiger partial charge in [-0.3, -0.25) is 4.79 Å². The number of carbonyl (C=O) groups excluding carboxylic acids is 1. The van der Waals surface area contributed by atoms with Crippen LogP contribution in [0, 0.1) is 0 Å². The van der Waals surface area contributed by atoms with Crippen LogP contribution in [0.1, 0.15) is 11.1 Å². The summed E-state index contributed by atoms with van der Waals surface area (Å²) in [6.07, 6.45) is 1.84. The summed E-state index contributed by atoms with van der Waals surface area (Å²) in [7, 11) is 3.21. The Labute approximate surface area is 129 Å². The molecule has 5 heteroatoms. The average molecular weight is 298 g/mol. The van der Waals surface area contributed by atoms with E-state index in [0.717, 1.165) is 22.6 Å². The predicted octanol–water partition coefficient (Wildman–Crippen LogP) is 2.40. The van der Waals surface area contributed by atoms with Crippen LogP contribution < -0.4 is 14.9 Å². The zero-order chi connectivity index (χ0) is 15.8. The number of carbonyl (C=O) groups is 1. The highest BCUT2D eigenvalue weighted by Crippen LogP contribution is 2.12. The summed E-state index contributed by atoms with van der Waals surface area (Å²) >= 11 is 0. The zero-order valence-electron chi connectivity index (χ0n) is 12.6. The van der Waals surface area contributed by atoms with Gasteiger partial charge in [-0.1, -0.05) is 24.3 Å². The first-order valence-electron chi connectivity index (χ1n) is 6.80. The van der Waals surface area contributed by atoms with Gasteiger partial charge in [0.25, 0.3) is 0 Å². The summed E-state index contributed by atoms with van der Waals surface area (Å²) < 4.78 is 10.2. The van der Waals surface area contributed by atoms with Crippen molar-refractivity contribution in [2.45, 2.75) is 6.42 Å². The van der Waals surface area contributed by atoms with Gasteiger partial charge in [-0.05, 0) is 35.4 Å². The van der Waals surface area contributed by atoms with Crippen LogP contribution in [0.5, 0.6) is 11.5 Å². The van der Waals surface area contributed by atoms with E-state index in [4.69, 9.17) is 9.47 Å². The van der Waals surface area contributed by atoms with E-state index in [1.807, 2.05) is 48.5 Å². The molecule has 1 amide bonds. The van der Waals surface area contributed by atoms with E-state index in [1.165, 1.54) is 0 Å². The molecular weight excluding hydrogens is 280 g/mol. The molecule has 0 radical (unpaired) electrons. The van der Waals surface area contributed by atoms with E-state index in [-0.39, 0.29) is 12.3 Å². The molecule has 0 saturated heterocycles. The molecule has 2 aromatic rings. The molecule has 0 spiro atoms. The molecule has 22 heavy (non-hydrogen) atoms. The highest BCUT2D eigenvalue weighted by Gasteiger charge is 2.02. The highest BCUT2D eigenvalue weighted by molar-refractivity contribution is 5.83. The Morgan fingerprint density at radius 2 is 1.82 bits per heavy atom. The number of amides is 1. The molecule has 0 aliphatic carbocycles. The van der Waals surface area contributed by atoms with Gasteiger partial charge in [0.15, 0.2) is 0 Å². The zero-order valence-corrected chi connectivity index (χ0v) is 12.6. The lowest BCUT2D eigenvalue weighted by Crippen LogP contribution is -2.19. The summed E-state index contributed by atoms with van der Waals surface area (Å²) in [5, 5.41) is 3.94. The summed E-state index contributed by atoms with van der Waals surface area (Å²) in [6, 6.07) is 14.8. The minimum atomic E-state index is -0.177. The summed E-state index contributed by atoms with van der Waals surface area (Å²) in [5.41, 5.74) is 4.25. The lowest BCUT2D eigenvalue weighted by atomic mass is 10.1. The smallest absolute Gasteiger partial charge is 0.244 e. The van der Waals surface area contributed by atoms with Gasteiger partial charge in [-0.2, -0.15) is 5.10 Å². The number of nitrogens with one attached hydrogen (secondary N) is 1. The third-order valence-corrected chi connectivity index (χ3v) is 3.02. The Bertz CT molecular complexity index is 651. The van der Waals surface area contributed by atoms with Crippen molar-refractivity contribution in [2.75, 3.05) is 14.2 Å². The predicted molar refractivity (Wildman–Crippen MR) is 85.4 cm³/mol. The van der Waals surface area contributed by atoms with Gasteiger partial charge in [0, 0.05) is 0 Å². The van der Waals surface area contributed by atoms with Crippen molar-refractivity contribution in [2.24, 2.45) is 5.10 Å². The third kappa shape index (κ3) is 4.63. The molecule has 0 bridgehead atoms. The molecule has 2 aromatic carbocycles. The number of nitrogens with zero attached hydrogens (tertiary/aromatic N) is 1. The molecule has 0 aliphatic rings. The molecule has 0 fully saturated rings. The second-order valence-corrected chi connectivity index (χ2v) is 4.59. The van der Waals surface area contributed by atoms with Crippen LogP contribution in [-0.2, 0) is 11.2 Å². The van der Waals surface area contributed by atoms with Gasteiger partial charge in [0.1, 0.15) is 11.5 Å². The Balaban J connectivity index is 1.87. The molecule has 0 aliphatic heterocycles. The number of benzene rings is 2. The van der Waals surface area contributed by atoms with Gasteiger partial charge >= 0.3 is 0 Å². The standard InChI is InChI=1S/C17H18N2O3/c1-21-15-8-6-13(7-9-15)11-17(20)19-18-12-14-4-3-5-16(10-14)22-2/h3-10,12H,11H2,1-2H3,(H,19,20)/b18-12-. The van der Waals surface area contributed by atoms with E-state index in [1.54, 1.807) is 20.4 Å². The van der Waals surface area contributed by atoms with Crippen LogP contribution in [0.2, 0.25) is 0 Å². The quantitative estimate of drug-likeness (QED) is 0.658. The second-order valence-electron chi connectivity index (χ2n) is 4.59. The Hall–Kier alpha value is -2.82. The van der Waals surface area contributed by atoms with Crippen molar-refractivity contribution in [1.82, 2.24) is 5.43 Å². The normalized spacial score (nSPS) is 10.5. The molecule has 114 valence electrons. The first-order valence-corrected chi connectivity index (χ1v) is 6.80. The van der Waals surface area contributed by atoms with Gasteiger partial charge in [-0.25, -0.2) is 5.43 Å². The van der Waals surface area contributed by atoms with Crippen LogP contribution in [0.25, 0.3) is 0 Å². The summed E-state index contributed by atoms with van der Waals surface area (Å²) in [6.45, 7) is 0. The van der Waals surface area contributed by atoms with E-state index < -0.39 is 0 Å². The van der Waals surface area contributed by atoms with Crippen molar-refractivity contribution in [3.63, 3.8) is 0 Å². The molecule has 5 nitrogen and oxygen atoms in total. The van der Waals surface area contributed by atoms with Crippen molar-refractivity contribution in [1.29, 1.82) is 0 Å². The number of hydrogen-bond acceptors (Lipinski definition) is 4. The summed E-state index contributed by atoms with van der Waals surface area (Å²) in [4.78, 5) is 11.8. The second kappa shape index (κ2) is 7.83. The fraction of sp³-hybridized carbons (Fsp3) is 0.176. The van der Waals surface area contributed by atoms with E-state index in [0.29, 0.717) is 0 Å². The molecule has 0 saturated carbocycles. The van der Waals surface area contributed by atoms with Gasteiger partial charge in [0.05, 0.1) is 26.9 Å². The molecule has 1 N–H and O–H groups in total. The fourth-order valence-electron chi connectivity index (χ4n) is 1.87. The maximum Gasteiger partial charge on any atom is 0.244 e. The first-order chi connectivity index (χ1) is 10.7. The molecule has 0 heterocycles. The van der Waals surface area contributed by atoms with Crippen LogP contribution >= 0.6 is 0 Å². The van der Waals surface area contributed by atoms with Gasteiger partial charge < -0.3 is 9.47 Å². The van der Waals surface area contributed by atoms with Crippen molar-refractivity contribution in [3.05, 3.63) is 59.7 Å². The molecule has 0 aromatic heterocycles. The fourth-order valence-corrected chi connectivity index (χ4v) is 1.87. The maximum atomic E-state index is 11.8. The number of hydrazone groups is 1. The number of ether oxygens (including phenoxy) is 2.